The van der Waals surface area contributed by atoms with E-state index in [0.717, 1.165) is 44.5 Å². The molecule has 3 heteroatoms. The van der Waals surface area contributed by atoms with Gasteiger partial charge in [-0.3, -0.25) is 0 Å². The standard InChI is InChI=1S/C25H20N2O/c1-2-28-19-14-12-18(13-15-19)23-16-21(17-8-4-3-5-9-17)25-24(27-23)20-10-6-7-11-22(20)26-25/h3-16,26H,2H2,1H3. The van der Waals surface area contributed by atoms with E-state index in [2.05, 4.69) is 65.6 Å². The summed E-state index contributed by atoms with van der Waals surface area (Å²) in [5.41, 5.74) is 7.54. The number of benzene rings is 3. The first-order valence-electron chi connectivity index (χ1n) is 9.53. The summed E-state index contributed by atoms with van der Waals surface area (Å²) >= 11 is 0. The van der Waals surface area contributed by atoms with Crippen LogP contribution in [0.2, 0.25) is 0 Å². The third kappa shape index (κ3) is 2.81. The Morgan fingerprint density at radius 3 is 2.36 bits per heavy atom. The van der Waals surface area contributed by atoms with Crippen LogP contribution >= 0.6 is 0 Å². The highest BCUT2D eigenvalue weighted by atomic mass is 16.5. The van der Waals surface area contributed by atoms with Crippen LogP contribution in [0.25, 0.3) is 44.3 Å². The van der Waals surface area contributed by atoms with Gasteiger partial charge in [0.25, 0.3) is 0 Å². The number of nitrogens with one attached hydrogen (secondary N) is 1. The molecule has 0 bridgehead atoms. The van der Waals surface area contributed by atoms with Crippen molar-refractivity contribution in [3.05, 3.63) is 84.9 Å². The molecule has 0 aliphatic rings. The molecule has 0 amide bonds. The molecule has 0 aliphatic heterocycles. The lowest BCUT2D eigenvalue weighted by Crippen LogP contribution is -1.92. The lowest BCUT2D eigenvalue weighted by atomic mass is 10.0. The zero-order valence-corrected chi connectivity index (χ0v) is 15.6. The second-order valence-corrected chi connectivity index (χ2v) is 6.77. The molecule has 3 aromatic carbocycles. The highest BCUT2D eigenvalue weighted by Crippen LogP contribution is 2.35. The van der Waals surface area contributed by atoms with Crippen molar-refractivity contribution in [1.82, 2.24) is 9.97 Å². The Kier molecular flexibility index (Phi) is 4.06. The molecule has 28 heavy (non-hydrogen) atoms. The minimum atomic E-state index is 0.664. The van der Waals surface area contributed by atoms with Crippen LogP contribution in [0.5, 0.6) is 5.75 Å². The van der Waals surface area contributed by atoms with Gasteiger partial charge in [-0.2, -0.15) is 0 Å². The Morgan fingerprint density at radius 2 is 1.57 bits per heavy atom. The summed E-state index contributed by atoms with van der Waals surface area (Å²) in [6.45, 7) is 2.66. The van der Waals surface area contributed by atoms with Gasteiger partial charge in [0.2, 0.25) is 0 Å². The van der Waals surface area contributed by atoms with Crippen LogP contribution in [0.4, 0.5) is 0 Å². The molecule has 0 aliphatic carbocycles. The highest BCUT2D eigenvalue weighted by Gasteiger charge is 2.14. The van der Waals surface area contributed by atoms with Gasteiger partial charge in [-0.15, -0.1) is 0 Å². The Hall–Kier alpha value is -3.59. The lowest BCUT2D eigenvalue weighted by Gasteiger charge is -2.09. The van der Waals surface area contributed by atoms with Crippen LogP contribution in [0, 0.1) is 0 Å². The fraction of sp³-hybridized carbons (Fsp3) is 0.0800. The van der Waals surface area contributed by atoms with Gasteiger partial charge in [-0.25, -0.2) is 4.98 Å². The normalized spacial score (nSPS) is 11.2. The maximum atomic E-state index is 5.58. The maximum absolute atomic E-state index is 5.58. The molecule has 1 N–H and O–H groups in total. The summed E-state index contributed by atoms with van der Waals surface area (Å²) in [6.07, 6.45) is 0. The van der Waals surface area contributed by atoms with E-state index < -0.39 is 0 Å². The van der Waals surface area contributed by atoms with Crippen molar-refractivity contribution >= 4 is 21.9 Å². The zero-order chi connectivity index (χ0) is 18.9. The third-order valence-electron chi connectivity index (χ3n) is 5.01. The first-order valence-corrected chi connectivity index (χ1v) is 9.53. The van der Waals surface area contributed by atoms with E-state index in [0.29, 0.717) is 6.61 Å². The molecule has 0 atom stereocenters. The predicted molar refractivity (Wildman–Crippen MR) is 116 cm³/mol. The first kappa shape index (κ1) is 16.6. The van der Waals surface area contributed by atoms with Crippen LogP contribution in [0.15, 0.2) is 84.9 Å². The number of hydrogen-bond donors (Lipinski definition) is 1. The van der Waals surface area contributed by atoms with E-state index in [1.807, 2.05) is 31.2 Å². The summed E-state index contributed by atoms with van der Waals surface area (Å²) in [4.78, 5) is 8.59. The molecule has 2 heterocycles. The second kappa shape index (κ2) is 6.86. The largest absolute Gasteiger partial charge is 0.494 e. The van der Waals surface area contributed by atoms with Gasteiger partial charge in [0.1, 0.15) is 5.75 Å². The zero-order valence-electron chi connectivity index (χ0n) is 15.6. The number of nitrogens with zero attached hydrogens (tertiary/aromatic N) is 1. The van der Waals surface area contributed by atoms with Crippen molar-refractivity contribution in [2.24, 2.45) is 0 Å². The molecule has 3 nitrogen and oxygen atoms in total. The number of pyridine rings is 1. The minimum absolute atomic E-state index is 0.664. The summed E-state index contributed by atoms with van der Waals surface area (Å²) in [5.74, 6) is 0.878. The highest BCUT2D eigenvalue weighted by molar-refractivity contribution is 6.10. The molecule has 0 unspecified atom stereocenters. The smallest absolute Gasteiger partial charge is 0.119 e. The SMILES string of the molecule is CCOc1ccc(-c2cc(-c3ccccc3)c3[nH]c4ccccc4c3n2)cc1. The Bertz CT molecular complexity index is 1250. The van der Waals surface area contributed by atoms with Crippen LogP contribution in [-0.4, -0.2) is 16.6 Å². The second-order valence-electron chi connectivity index (χ2n) is 6.77. The number of ether oxygens (including phenoxy) is 1. The van der Waals surface area contributed by atoms with Crippen molar-refractivity contribution in [2.75, 3.05) is 6.61 Å². The molecule has 5 rings (SSSR count). The quantitative estimate of drug-likeness (QED) is 0.398. The van der Waals surface area contributed by atoms with E-state index >= 15 is 0 Å². The predicted octanol–water partition coefficient (Wildman–Crippen LogP) is 6.45. The van der Waals surface area contributed by atoms with Crippen molar-refractivity contribution in [1.29, 1.82) is 0 Å². The van der Waals surface area contributed by atoms with E-state index in [1.165, 1.54) is 5.56 Å². The molecule has 0 saturated heterocycles. The number of aromatic nitrogens is 2. The van der Waals surface area contributed by atoms with Crippen LogP contribution in [-0.2, 0) is 0 Å². The van der Waals surface area contributed by atoms with Crippen LogP contribution in [0.1, 0.15) is 6.92 Å². The Labute approximate surface area is 163 Å². The summed E-state index contributed by atoms with van der Waals surface area (Å²) < 4.78 is 5.58. The third-order valence-corrected chi connectivity index (χ3v) is 5.01. The monoisotopic (exact) mass is 364 g/mol. The van der Waals surface area contributed by atoms with Gasteiger partial charge in [0, 0.05) is 22.0 Å². The molecule has 5 aromatic rings. The van der Waals surface area contributed by atoms with Gasteiger partial charge in [0.05, 0.1) is 23.3 Å². The Morgan fingerprint density at radius 1 is 0.821 bits per heavy atom. The number of aromatic amines is 1. The average Bonchev–Trinajstić information content (AvgIpc) is 3.13. The molecule has 0 saturated carbocycles. The van der Waals surface area contributed by atoms with Crippen LogP contribution < -0.4 is 4.74 Å². The lowest BCUT2D eigenvalue weighted by molar-refractivity contribution is 0.340. The van der Waals surface area contributed by atoms with E-state index in [9.17, 15) is 0 Å². The van der Waals surface area contributed by atoms with Gasteiger partial charge in [0.15, 0.2) is 0 Å². The fourth-order valence-electron chi connectivity index (χ4n) is 3.68. The number of rotatable bonds is 4. The van der Waals surface area contributed by atoms with Gasteiger partial charge in [-0.1, -0.05) is 48.5 Å². The van der Waals surface area contributed by atoms with E-state index in [4.69, 9.17) is 9.72 Å². The summed E-state index contributed by atoms with van der Waals surface area (Å²) in [7, 11) is 0. The van der Waals surface area contributed by atoms with Gasteiger partial charge >= 0.3 is 0 Å². The summed E-state index contributed by atoms with van der Waals surface area (Å²) in [5, 5.41) is 1.14. The number of fused-ring (bicyclic) bond motifs is 3. The molecule has 0 spiro atoms. The van der Waals surface area contributed by atoms with E-state index in [-0.39, 0.29) is 0 Å². The molecule has 2 aromatic heterocycles. The average molecular weight is 364 g/mol. The Balaban J connectivity index is 1.77. The summed E-state index contributed by atoms with van der Waals surface area (Å²) in [6, 6.07) is 29.1. The molecule has 136 valence electrons. The van der Waals surface area contributed by atoms with Crippen molar-refractivity contribution < 1.29 is 4.74 Å². The maximum Gasteiger partial charge on any atom is 0.119 e. The molecular formula is C25H20N2O. The minimum Gasteiger partial charge on any atom is -0.494 e. The molecule has 0 radical (unpaired) electrons. The number of hydrogen-bond acceptors (Lipinski definition) is 2. The number of para-hydroxylation sites is 1. The number of H-pyrrole nitrogens is 1. The van der Waals surface area contributed by atoms with Crippen LogP contribution in [0.3, 0.4) is 0 Å². The van der Waals surface area contributed by atoms with Gasteiger partial charge in [-0.05, 0) is 48.9 Å². The first-order chi connectivity index (χ1) is 13.8. The van der Waals surface area contributed by atoms with E-state index in [1.54, 1.807) is 0 Å². The fourth-order valence-corrected chi connectivity index (χ4v) is 3.68. The topological polar surface area (TPSA) is 37.9 Å². The van der Waals surface area contributed by atoms with Crippen molar-refractivity contribution in [3.8, 4) is 28.1 Å². The molecular weight excluding hydrogens is 344 g/mol. The molecule has 0 fully saturated rings. The van der Waals surface area contributed by atoms with Gasteiger partial charge < -0.3 is 9.72 Å². The van der Waals surface area contributed by atoms with Crippen molar-refractivity contribution in [3.63, 3.8) is 0 Å². The van der Waals surface area contributed by atoms with Crippen molar-refractivity contribution in [2.45, 2.75) is 6.92 Å².